The van der Waals surface area contributed by atoms with Gasteiger partial charge in [-0.25, -0.2) is 4.98 Å². The van der Waals surface area contributed by atoms with Gasteiger partial charge in [0.25, 0.3) is 0 Å². The Balaban J connectivity index is 1.46. The monoisotopic (exact) mass is 379 g/mol. The van der Waals surface area contributed by atoms with Crippen molar-refractivity contribution in [3.05, 3.63) is 42.5 Å². The second-order valence-electron chi connectivity index (χ2n) is 6.97. The summed E-state index contributed by atoms with van der Waals surface area (Å²) in [5, 5.41) is 4.11. The number of nitrogen functional groups attached to an aromatic ring is 1. The number of hydrogen-bond donors (Lipinski definition) is 2. The first-order valence-corrected chi connectivity index (χ1v) is 9.41. The Bertz CT molecular complexity index is 964. The summed E-state index contributed by atoms with van der Waals surface area (Å²) >= 11 is 0. The first kappa shape index (κ1) is 18.2. The number of methoxy groups -OCH3 is 2. The molecule has 2 heterocycles. The summed E-state index contributed by atoms with van der Waals surface area (Å²) in [6, 6.07) is 14.2. The maximum Gasteiger partial charge on any atom is 0.225 e. The predicted molar refractivity (Wildman–Crippen MR) is 112 cm³/mol. The minimum absolute atomic E-state index is 0.422. The summed E-state index contributed by atoms with van der Waals surface area (Å²) in [6.45, 7) is 2.89. The van der Waals surface area contributed by atoms with Gasteiger partial charge >= 0.3 is 0 Å². The molecule has 1 aliphatic rings. The second-order valence-corrected chi connectivity index (χ2v) is 6.97. The Labute approximate surface area is 164 Å². The Morgan fingerprint density at radius 3 is 2.61 bits per heavy atom. The molecule has 1 aliphatic heterocycles. The molecule has 28 heavy (non-hydrogen) atoms. The molecule has 0 radical (unpaired) electrons. The van der Waals surface area contributed by atoms with Gasteiger partial charge in [0.05, 0.1) is 19.7 Å². The number of nitrogens with two attached hydrogens (primary N) is 1. The number of benzene rings is 2. The maximum atomic E-state index is 6.16. The highest BCUT2D eigenvalue weighted by Crippen LogP contribution is 2.33. The number of rotatable bonds is 6. The maximum absolute atomic E-state index is 6.16. The molecule has 1 unspecified atom stereocenters. The SMILES string of the molecule is COc1cc2nc(NCC3CCN(c4ccccc4)C3)nc(N)c2cc1OC. The minimum Gasteiger partial charge on any atom is -0.493 e. The standard InChI is InChI=1S/C21H25N5O2/c1-27-18-10-16-17(11-19(18)28-2)24-21(25-20(16)22)23-12-14-8-9-26(13-14)15-6-4-3-5-7-15/h3-7,10-11,14H,8-9,12-13H2,1-2H3,(H3,22,23,24,25). The number of anilines is 3. The van der Waals surface area contributed by atoms with Crippen molar-refractivity contribution in [2.45, 2.75) is 6.42 Å². The van der Waals surface area contributed by atoms with Crippen molar-refractivity contribution < 1.29 is 9.47 Å². The van der Waals surface area contributed by atoms with E-state index in [9.17, 15) is 0 Å². The summed E-state index contributed by atoms with van der Waals surface area (Å²) in [7, 11) is 3.20. The molecule has 7 nitrogen and oxygen atoms in total. The quantitative estimate of drug-likeness (QED) is 0.680. The van der Waals surface area contributed by atoms with Gasteiger partial charge in [-0.1, -0.05) is 18.2 Å². The zero-order valence-electron chi connectivity index (χ0n) is 16.2. The molecule has 1 aromatic heterocycles. The van der Waals surface area contributed by atoms with Gasteiger partial charge in [0.1, 0.15) is 5.82 Å². The topological polar surface area (TPSA) is 85.5 Å². The third-order valence-corrected chi connectivity index (χ3v) is 5.19. The van der Waals surface area contributed by atoms with Crippen LogP contribution >= 0.6 is 0 Å². The van der Waals surface area contributed by atoms with Crippen molar-refractivity contribution >= 4 is 28.4 Å². The van der Waals surface area contributed by atoms with Crippen molar-refractivity contribution in [1.29, 1.82) is 0 Å². The first-order valence-electron chi connectivity index (χ1n) is 9.41. The summed E-state index contributed by atoms with van der Waals surface area (Å²) < 4.78 is 10.7. The number of para-hydroxylation sites is 1. The molecule has 0 amide bonds. The molecule has 0 spiro atoms. The molecule has 1 saturated heterocycles. The van der Waals surface area contributed by atoms with E-state index in [1.54, 1.807) is 14.2 Å². The van der Waals surface area contributed by atoms with Crippen molar-refractivity contribution in [2.75, 3.05) is 49.8 Å². The van der Waals surface area contributed by atoms with Crippen LogP contribution in [-0.4, -0.2) is 43.8 Å². The summed E-state index contributed by atoms with van der Waals surface area (Å²) in [5.74, 6) is 2.72. The lowest BCUT2D eigenvalue weighted by Gasteiger charge is -2.18. The fourth-order valence-corrected chi connectivity index (χ4v) is 3.67. The van der Waals surface area contributed by atoms with Crippen LogP contribution in [0.4, 0.5) is 17.5 Å². The molecule has 4 rings (SSSR count). The van der Waals surface area contributed by atoms with Gasteiger partial charge in [0.15, 0.2) is 11.5 Å². The minimum atomic E-state index is 0.422. The number of ether oxygens (including phenoxy) is 2. The van der Waals surface area contributed by atoms with Crippen LogP contribution in [0.1, 0.15) is 6.42 Å². The van der Waals surface area contributed by atoms with E-state index in [4.69, 9.17) is 15.2 Å². The molecule has 1 atom stereocenters. The van der Waals surface area contributed by atoms with E-state index in [2.05, 4.69) is 44.5 Å². The van der Waals surface area contributed by atoms with E-state index in [1.807, 2.05) is 18.2 Å². The molecular weight excluding hydrogens is 354 g/mol. The van der Waals surface area contributed by atoms with Crippen LogP contribution in [0.3, 0.4) is 0 Å². The highest BCUT2D eigenvalue weighted by molar-refractivity contribution is 5.91. The van der Waals surface area contributed by atoms with Crippen LogP contribution in [0.15, 0.2) is 42.5 Å². The van der Waals surface area contributed by atoms with Gasteiger partial charge < -0.3 is 25.4 Å². The van der Waals surface area contributed by atoms with E-state index in [0.717, 1.165) is 37.0 Å². The zero-order valence-corrected chi connectivity index (χ0v) is 16.2. The van der Waals surface area contributed by atoms with E-state index in [1.165, 1.54) is 5.69 Å². The Morgan fingerprint density at radius 1 is 1.11 bits per heavy atom. The third-order valence-electron chi connectivity index (χ3n) is 5.19. The molecule has 0 aliphatic carbocycles. The number of nitrogens with zero attached hydrogens (tertiary/aromatic N) is 3. The number of fused-ring (bicyclic) bond motifs is 1. The fourth-order valence-electron chi connectivity index (χ4n) is 3.67. The van der Waals surface area contributed by atoms with Crippen LogP contribution < -0.4 is 25.4 Å². The average Bonchev–Trinajstić information content (AvgIpc) is 3.21. The first-order chi connectivity index (χ1) is 13.7. The highest BCUT2D eigenvalue weighted by atomic mass is 16.5. The normalized spacial score (nSPS) is 16.4. The molecule has 3 N–H and O–H groups in total. The van der Waals surface area contributed by atoms with Crippen molar-refractivity contribution in [3.63, 3.8) is 0 Å². The lowest BCUT2D eigenvalue weighted by Crippen LogP contribution is -2.22. The van der Waals surface area contributed by atoms with E-state index >= 15 is 0 Å². The van der Waals surface area contributed by atoms with Crippen molar-refractivity contribution in [3.8, 4) is 11.5 Å². The van der Waals surface area contributed by atoms with Crippen LogP contribution in [0.25, 0.3) is 10.9 Å². The predicted octanol–water partition coefficient (Wildman–Crippen LogP) is 3.17. The third kappa shape index (κ3) is 3.60. The van der Waals surface area contributed by atoms with E-state index in [0.29, 0.717) is 29.2 Å². The highest BCUT2D eigenvalue weighted by Gasteiger charge is 2.22. The lowest BCUT2D eigenvalue weighted by molar-refractivity contribution is 0.356. The Morgan fingerprint density at radius 2 is 1.86 bits per heavy atom. The molecule has 1 fully saturated rings. The lowest BCUT2D eigenvalue weighted by atomic mass is 10.1. The van der Waals surface area contributed by atoms with Gasteiger partial charge in [0, 0.05) is 36.8 Å². The van der Waals surface area contributed by atoms with Gasteiger partial charge in [-0.2, -0.15) is 4.98 Å². The number of nitrogens with one attached hydrogen (secondary N) is 1. The van der Waals surface area contributed by atoms with Crippen molar-refractivity contribution in [2.24, 2.45) is 5.92 Å². The summed E-state index contributed by atoms with van der Waals surface area (Å²) in [4.78, 5) is 11.4. The van der Waals surface area contributed by atoms with E-state index < -0.39 is 0 Å². The Kier molecular flexibility index (Phi) is 5.06. The van der Waals surface area contributed by atoms with Crippen LogP contribution in [0.5, 0.6) is 11.5 Å². The van der Waals surface area contributed by atoms with Gasteiger partial charge in [-0.15, -0.1) is 0 Å². The smallest absolute Gasteiger partial charge is 0.225 e. The zero-order chi connectivity index (χ0) is 19.5. The Hall–Kier alpha value is -3.22. The van der Waals surface area contributed by atoms with Gasteiger partial charge in [-0.3, -0.25) is 0 Å². The van der Waals surface area contributed by atoms with E-state index in [-0.39, 0.29) is 0 Å². The van der Waals surface area contributed by atoms with Crippen LogP contribution in [0, 0.1) is 5.92 Å². The van der Waals surface area contributed by atoms with Crippen molar-refractivity contribution in [1.82, 2.24) is 9.97 Å². The number of aromatic nitrogens is 2. The molecule has 0 bridgehead atoms. The summed E-state index contributed by atoms with van der Waals surface area (Å²) in [5.41, 5.74) is 8.16. The second kappa shape index (κ2) is 7.80. The molecule has 2 aromatic carbocycles. The molecular formula is C21H25N5O2. The largest absolute Gasteiger partial charge is 0.493 e. The molecule has 3 aromatic rings. The molecule has 0 saturated carbocycles. The molecule has 7 heteroatoms. The van der Waals surface area contributed by atoms with Crippen LogP contribution in [-0.2, 0) is 0 Å². The summed E-state index contributed by atoms with van der Waals surface area (Å²) in [6.07, 6.45) is 1.13. The number of hydrogen-bond acceptors (Lipinski definition) is 7. The van der Waals surface area contributed by atoms with Gasteiger partial charge in [0.2, 0.25) is 5.95 Å². The fraction of sp³-hybridized carbons (Fsp3) is 0.333. The average molecular weight is 379 g/mol. The van der Waals surface area contributed by atoms with Gasteiger partial charge in [-0.05, 0) is 30.5 Å². The molecule has 146 valence electrons. The van der Waals surface area contributed by atoms with Crippen LogP contribution in [0.2, 0.25) is 0 Å².